The smallest absolute Gasteiger partial charge is 0.306 e. The van der Waals surface area contributed by atoms with Gasteiger partial charge in [0.05, 0.1) is 26.6 Å². The molecule has 0 unspecified atom stereocenters. The zero-order valence-electron chi connectivity index (χ0n) is 19.6. The van der Waals surface area contributed by atoms with Gasteiger partial charge in [0.25, 0.3) is 0 Å². The molecule has 0 saturated carbocycles. The van der Waals surface area contributed by atoms with Gasteiger partial charge in [-0.15, -0.1) is 0 Å². The summed E-state index contributed by atoms with van der Waals surface area (Å²) in [6.45, 7) is 5.32. The van der Waals surface area contributed by atoms with E-state index in [4.69, 9.17) is 9.47 Å². The molecule has 2 N–H and O–H groups in total. The second-order valence-electron chi connectivity index (χ2n) is 7.89. The highest BCUT2D eigenvalue weighted by Crippen LogP contribution is 2.30. The maximum Gasteiger partial charge on any atom is 0.306 e. The van der Waals surface area contributed by atoms with Crippen molar-refractivity contribution in [3.05, 3.63) is 29.8 Å². The second-order valence-corrected chi connectivity index (χ2v) is 9.31. The summed E-state index contributed by atoms with van der Waals surface area (Å²) in [5.41, 5.74) is 0.851. The van der Waals surface area contributed by atoms with Gasteiger partial charge in [0.1, 0.15) is 11.8 Å². The van der Waals surface area contributed by atoms with Crippen molar-refractivity contribution >= 4 is 34.7 Å². The third-order valence-corrected chi connectivity index (χ3v) is 6.03. The summed E-state index contributed by atoms with van der Waals surface area (Å²) >= 11 is 0.956. The first-order valence-corrected chi connectivity index (χ1v) is 11.4. The summed E-state index contributed by atoms with van der Waals surface area (Å²) < 4.78 is 9.92. The summed E-state index contributed by atoms with van der Waals surface area (Å²) in [4.78, 5) is 49.6. The van der Waals surface area contributed by atoms with E-state index in [-0.39, 0.29) is 35.7 Å². The number of amides is 2. The molecule has 1 aromatic carbocycles. The van der Waals surface area contributed by atoms with Crippen molar-refractivity contribution in [2.45, 2.75) is 51.3 Å². The minimum atomic E-state index is -0.809. The van der Waals surface area contributed by atoms with E-state index in [1.54, 1.807) is 19.2 Å². The fourth-order valence-electron chi connectivity index (χ4n) is 3.32. The molecule has 0 heterocycles. The van der Waals surface area contributed by atoms with Gasteiger partial charge in [-0.2, -0.15) is 0 Å². The number of likely N-dealkylation sites (N-methyl/N-ethyl adjacent to an activating group) is 1. The Morgan fingerprint density at radius 3 is 2.12 bits per heavy atom. The van der Waals surface area contributed by atoms with Gasteiger partial charge in [0.15, 0.2) is 5.12 Å². The molecule has 0 aromatic heterocycles. The van der Waals surface area contributed by atoms with Gasteiger partial charge in [-0.05, 0) is 30.0 Å². The largest absolute Gasteiger partial charge is 0.497 e. The lowest BCUT2D eigenvalue weighted by Gasteiger charge is -2.28. The van der Waals surface area contributed by atoms with Gasteiger partial charge >= 0.3 is 5.97 Å². The van der Waals surface area contributed by atoms with Crippen LogP contribution in [0.3, 0.4) is 0 Å². The van der Waals surface area contributed by atoms with Crippen LogP contribution >= 0.6 is 11.8 Å². The number of hydrogen-bond acceptors (Lipinski definition) is 7. The van der Waals surface area contributed by atoms with Crippen molar-refractivity contribution in [2.75, 3.05) is 21.3 Å². The number of hydrogen-bond donors (Lipinski definition) is 2. The van der Waals surface area contributed by atoms with Crippen LogP contribution in [0, 0.1) is 11.8 Å². The van der Waals surface area contributed by atoms with Crippen LogP contribution in [0.25, 0.3) is 0 Å². The molecule has 9 heteroatoms. The van der Waals surface area contributed by atoms with E-state index in [0.29, 0.717) is 12.2 Å². The molecule has 0 radical (unpaired) electrons. The van der Waals surface area contributed by atoms with E-state index >= 15 is 0 Å². The average molecular weight is 467 g/mol. The SMILES string of the molecule is CNC(=O)[C@H](Cc1ccc(OC)cc1)NC(=O)[C@H](CC(C)C)[C@H](CC(=O)OC)SC(C)=O. The first-order valence-electron chi connectivity index (χ1n) is 10.5. The van der Waals surface area contributed by atoms with Crippen LogP contribution in [-0.2, 0) is 30.3 Å². The molecule has 1 rings (SSSR count). The van der Waals surface area contributed by atoms with Crippen LogP contribution < -0.4 is 15.4 Å². The minimum absolute atomic E-state index is 0.0747. The lowest BCUT2D eigenvalue weighted by atomic mass is 9.91. The molecule has 0 saturated heterocycles. The van der Waals surface area contributed by atoms with Crippen LogP contribution in [-0.4, -0.2) is 55.5 Å². The van der Waals surface area contributed by atoms with E-state index in [2.05, 4.69) is 10.6 Å². The summed E-state index contributed by atoms with van der Waals surface area (Å²) in [5, 5.41) is 4.64. The Hall–Kier alpha value is -2.55. The molecule has 8 nitrogen and oxygen atoms in total. The molecule has 0 bridgehead atoms. The molecule has 0 fully saturated rings. The predicted molar refractivity (Wildman–Crippen MR) is 124 cm³/mol. The van der Waals surface area contributed by atoms with Crippen LogP contribution in [0.5, 0.6) is 5.75 Å². The normalized spacial score (nSPS) is 13.6. The van der Waals surface area contributed by atoms with E-state index < -0.39 is 23.2 Å². The summed E-state index contributed by atoms with van der Waals surface area (Å²) in [6.07, 6.45) is 0.663. The Kier molecular flexibility index (Phi) is 11.8. The van der Waals surface area contributed by atoms with E-state index in [1.165, 1.54) is 21.1 Å². The molecule has 0 aliphatic heterocycles. The number of esters is 1. The Balaban J connectivity index is 3.12. The summed E-state index contributed by atoms with van der Waals surface area (Å²) in [5.74, 6) is -1.02. The number of carbonyl (C=O) groups is 4. The van der Waals surface area contributed by atoms with Gasteiger partial charge < -0.3 is 20.1 Å². The Labute approximate surface area is 194 Å². The van der Waals surface area contributed by atoms with Gasteiger partial charge in [-0.25, -0.2) is 0 Å². The molecule has 32 heavy (non-hydrogen) atoms. The van der Waals surface area contributed by atoms with Crippen LogP contribution in [0.4, 0.5) is 0 Å². The van der Waals surface area contributed by atoms with Crippen molar-refractivity contribution in [1.82, 2.24) is 10.6 Å². The van der Waals surface area contributed by atoms with Gasteiger partial charge in [-0.1, -0.05) is 37.7 Å². The maximum atomic E-state index is 13.3. The third kappa shape index (κ3) is 9.30. The van der Waals surface area contributed by atoms with Gasteiger partial charge in [0, 0.05) is 25.6 Å². The van der Waals surface area contributed by atoms with Gasteiger partial charge in [0.2, 0.25) is 11.8 Å². The van der Waals surface area contributed by atoms with Crippen molar-refractivity contribution in [3.63, 3.8) is 0 Å². The maximum absolute atomic E-state index is 13.3. The zero-order valence-corrected chi connectivity index (χ0v) is 20.4. The lowest BCUT2D eigenvalue weighted by Crippen LogP contribution is -2.50. The van der Waals surface area contributed by atoms with Crippen LogP contribution in [0.1, 0.15) is 39.2 Å². The Bertz CT molecular complexity index is 781. The van der Waals surface area contributed by atoms with Crippen LogP contribution in [0.15, 0.2) is 24.3 Å². The molecule has 0 aliphatic carbocycles. The minimum Gasteiger partial charge on any atom is -0.497 e. The molecular formula is C23H34N2O6S. The second kappa shape index (κ2) is 13.8. The number of rotatable bonds is 12. The highest BCUT2D eigenvalue weighted by molar-refractivity contribution is 8.14. The fraction of sp³-hybridized carbons (Fsp3) is 0.565. The molecule has 3 atom stereocenters. The number of benzene rings is 1. The number of nitrogens with one attached hydrogen (secondary N) is 2. The lowest BCUT2D eigenvalue weighted by molar-refractivity contribution is -0.141. The van der Waals surface area contributed by atoms with Crippen molar-refractivity contribution < 1.29 is 28.7 Å². The number of thioether (sulfide) groups is 1. The quantitative estimate of drug-likeness (QED) is 0.455. The summed E-state index contributed by atoms with van der Waals surface area (Å²) in [6, 6.07) is 6.43. The van der Waals surface area contributed by atoms with Crippen molar-refractivity contribution in [2.24, 2.45) is 11.8 Å². The topological polar surface area (TPSA) is 111 Å². The Morgan fingerprint density at radius 2 is 1.66 bits per heavy atom. The first kappa shape index (κ1) is 27.5. The highest BCUT2D eigenvalue weighted by atomic mass is 32.2. The summed E-state index contributed by atoms with van der Waals surface area (Å²) in [7, 11) is 4.35. The number of carbonyl (C=O) groups excluding carboxylic acids is 4. The molecule has 178 valence electrons. The predicted octanol–water partition coefficient (Wildman–Crippen LogP) is 2.34. The Morgan fingerprint density at radius 1 is 1.03 bits per heavy atom. The fourth-order valence-corrected chi connectivity index (χ4v) is 4.37. The van der Waals surface area contributed by atoms with Gasteiger partial charge in [-0.3, -0.25) is 19.2 Å². The molecular weight excluding hydrogens is 432 g/mol. The van der Waals surface area contributed by atoms with E-state index in [1.807, 2.05) is 26.0 Å². The first-order chi connectivity index (χ1) is 15.1. The van der Waals surface area contributed by atoms with E-state index in [9.17, 15) is 19.2 Å². The van der Waals surface area contributed by atoms with Crippen molar-refractivity contribution in [1.29, 1.82) is 0 Å². The highest BCUT2D eigenvalue weighted by Gasteiger charge is 2.34. The standard InChI is InChI=1S/C23H34N2O6S/c1-14(2)11-18(20(32-15(3)26)13-21(27)31-6)22(28)25-19(23(29)24-4)12-16-7-9-17(30-5)10-8-16/h7-10,14,18-20H,11-13H2,1-6H3,(H,24,29)(H,25,28)/t18-,19+,20+/m1/s1. The average Bonchev–Trinajstić information content (AvgIpc) is 2.75. The van der Waals surface area contributed by atoms with E-state index in [0.717, 1.165) is 17.3 Å². The number of methoxy groups -OCH3 is 2. The zero-order chi connectivity index (χ0) is 24.3. The molecule has 0 aliphatic rings. The molecule has 1 aromatic rings. The third-order valence-electron chi connectivity index (χ3n) is 4.90. The van der Waals surface area contributed by atoms with Crippen molar-refractivity contribution in [3.8, 4) is 5.75 Å². The number of ether oxygens (including phenoxy) is 2. The van der Waals surface area contributed by atoms with Crippen LogP contribution in [0.2, 0.25) is 0 Å². The monoisotopic (exact) mass is 466 g/mol. The molecule has 0 spiro atoms. The molecule has 2 amide bonds.